The monoisotopic (exact) mass is 217 g/mol. The highest BCUT2D eigenvalue weighted by atomic mass is 16.5. The van der Waals surface area contributed by atoms with E-state index in [0.29, 0.717) is 12.0 Å². The van der Waals surface area contributed by atoms with Crippen LogP contribution in [0.1, 0.15) is 40.5 Å². The molecule has 0 fully saturated rings. The zero-order chi connectivity index (χ0) is 11.9. The van der Waals surface area contributed by atoms with Crippen LogP contribution in [0.25, 0.3) is 0 Å². The van der Waals surface area contributed by atoms with E-state index in [1.165, 1.54) is 0 Å². The quantitative estimate of drug-likeness (QED) is 0.651. The maximum atomic E-state index is 8.78. The van der Waals surface area contributed by atoms with Crippen LogP contribution < -0.4 is 5.32 Å². The Balaban J connectivity index is 3.70. The highest BCUT2D eigenvalue weighted by Crippen LogP contribution is 2.15. The SMILES string of the molecule is COC(C)(C)CC(C)NCC(C)CCO. The normalized spacial score (nSPS) is 16.4. The summed E-state index contributed by atoms with van der Waals surface area (Å²) in [5.41, 5.74) is -0.0629. The Bertz CT molecular complexity index is 160. The number of methoxy groups -OCH3 is 1. The lowest BCUT2D eigenvalue weighted by molar-refractivity contribution is 0.00828. The van der Waals surface area contributed by atoms with Crippen molar-refractivity contribution >= 4 is 0 Å². The van der Waals surface area contributed by atoms with Crippen molar-refractivity contribution in [3.63, 3.8) is 0 Å². The predicted molar refractivity (Wildman–Crippen MR) is 64.0 cm³/mol. The molecule has 3 heteroatoms. The van der Waals surface area contributed by atoms with Crippen molar-refractivity contribution < 1.29 is 9.84 Å². The Labute approximate surface area is 94.2 Å². The molecule has 2 N–H and O–H groups in total. The summed E-state index contributed by atoms with van der Waals surface area (Å²) >= 11 is 0. The van der Waals surface area contributed by atoms with E-state index in [0.717, 1.165) is 19.4 Å². The minimum Gasteiger partial charge on any atom is -0.396 e. The van der Waals surface area contributed by atoms with Crippen molar-refractivity contribution in [2.24, 2.45) is 5.92 Å². The van der Waals surface area contributed by atoms with Gasteiger partial charge >= 0.3 is 0 Å². The molecule has 0 aliphatic rings. The summed E-state index contributed by atoms with van der Waals surface area (Å²) in [5, 5.41) is 12.2. The first kappa shape index (κ1) is 14.9. The van der Waals surface area contributed by atoms with E-state index in [1.54, 1.807) is 7.11 Å². The fraction of sp³-hybridized carbons (Fsp3) is 1.00. The standard InChI is InChI=1S/C12H27NO2/c1-10(6-7-14)9-13-11(2)8-12(3,4)15-5/h10-11,13-14H,6-9H2,1-5H3. The van der Waals surface area contributed by atoms with E-state index in [-0.39, 0.29) is 12.2 Å². The van der Waals surface area contributed by atoms with Gasteiger partial charge in [0.25, 0.3) is 0 Å². The second-order valence-electron chi connectivity index (χ2n) is 5.09. The van der Waals surface area contributed by atoms with Crippen LogP contribution in [0.3, 0.4) is 0 Å². The molecule has 0 radical (unpaired) electrons. The van der Waals surface area contributed by atoms with Gasteiger partial charge in [-0.2, -0.15) is 0 Å². The van der Waals surface area contributed by atoms with Gasteiger partial charge in [0.05, 0.1) is 5.60 Å². The molecule has 0 saturated carbocycles. The van der Waals surface area contributed by atoms with E-state index in [9.17, 15) is 0 Å². The Morgan fingerprint density at radius 3 is 2.40 bits per heavy atom. The first-order chi connectivity index (χ1) is 6.91. The minimum atomic E-state index is -0.0629. The number of nitrogens with one attached hydrogen (secondary N) is 1. The minimum absolute atomic E-state index is 0.0629. The van der Waals surface area contributed by atoms with E-state index in [1.807, 2.05) is 0 Å². The largest absolute Gasteiger partial charge is 0.396 e. The van der Waals surface area contributed by atoms with Gasteiger partial charge in [-0.1, -0.05) is 6.92 Å². The molecule has 0 aromatic rings. The third-order valence-electron chi connectivity index (χ3n) is 2.79. The van der Waals surface area contributed by atoms with Gasteiger partial charge < -0.3 is 15.2 Å². The van der Waals surface area contributed by atoms with Crippen molar-refractivity contribution in [1.82, 2.24) is 5.32 Å². The van der Waals surface area contributed by atoms with Crippen molar-refractivity contribution in [2.45, 2.75) is 52.2 Å². The van der Waals surface area contributed by atoms with Crippen molar-refractivity contribution in [1.29, 1.82) is 0 Å². The number of ether oxygens (including phenoxy) is 1. The molecular formula is C12H27NO2. The molecule has 0 aromatic heterocycles. The second-order valence-corrected chi connectivity index (χ2v) is 5.09. The lowest BCUT2D eigenvalue weighted by atomic mass is 9.99. The number of hydrogen-bond donors (Lipinski definition) is 2. The van der Waals surface area contributed by atoms with Crippen molar-refractivity contribution in [3.8, 4) is 0 Å². The Hall–Kier alpha value is -0.120. The van der Waals surface area contributed by atoms with E-state index in [4.69, 9.17) is 9.84 Å². The summed E-state index contributed by atoms with van der Waals surface area (Å²) in [5.74, 6) is 0.531. The highest BCUT2D eigenvalue weighted by molar-refractivity contribution is 4.75. The van der Waals surface area contributed by atoms with Crippen LogP contribution in [0.4, 0.5) is 0 Å². The molecule has 0 aliphatic heterocycles. The van der Waals surface area contributed by atoms with Gasteiger partial charge in [0.2, 0.25) is 0 Å². The summed E-state index contributed by atoms with van der Waals surface area (Å²) in [6.45, 7) is 9.76. The number of aliphatic hydroxyl groups excluding tert-OH is 1. The third kappa shape index (κ3) is 7.77. The second kappa shape index (κ2) is 7.20. The molecule has 2 unspecified atom stereocenters. The van der Waals surface area contributed by atoms with Crippen LogP contribution in [0.15, 0.2) is 0 Å². The molecular weight excluding hydrogens is 190 g/mol. The van der Waals surface area contributed by atoms with Gasteiger partial charge in [-0.15, -0.1) is 0 Å². The summed E-state index contributed by atoms with van der Waals surface area (Å²) in [4.78, 5) is 0. The first-order valence-corrected chi connectivity index (χ1v) is 5.80. The van der Waals surface area contributed by atoms with Crippen molar-refractivity contribution in [3.05, 3.63) is 0 Å². The number of aliphatic hydroxyl groups is 1. The molecule has 0 aliphatic carbocycles. The van der Waals surface area contributed by atoms with Crippen molar-refractivity contribution in [2.75, 3.05) is 20.3 Å². The summed E-state index contributed by atoms with van der Waals surface area (Å²) in [6.07, 6.45) is 1.86. The van der Waals surface area contributed by atoms with Crippen LogP contribution in [0, 0.1) is 5.92 Å². The van der Waals surface area contributed by atoms with Gasteiger partial charge in [0.1, 0.15) is 0 Å². The van der Waals surface area contributed by atoms with E-state index < -0.39 is 0 Å². The van der Waals surface area contributed by atoms with Crippen LogP contribution in [-0.4, -0.2) is 37.0 Å². The molecule has 0 bridgehead atoms. The first-order valence-electron chi connectivity index (χ1n) is 5.80. The molecule has 0 rings (SSSR count). The van der Waals surface area contributed by atoms with E-state index in [2.05, 4.69) is 33.0 Å². The van der Waals surface area contributed by atoms with Gasteiger partial charge in [0.15, 0.2) is 0 Å². The molecule has 0 saturated heterocycles. The van der Waals surface area contributed by atoms with Crippen LogP contribution >= 0.6 is 0 Å². The molecule has 3 nitrogen and oxygen atoms in total. The molecule has 0 spiro atoms. The van der Waals surface area contributed by atoms with Gasteiger partial charge in [0, 0.05) is 19.8 Å². The van der Waals surface area contributed by atoms with Gasteiger partial charge in [-0.05, 0) is 46.1 Å². The van der Waals surface area contributed by atoms with Gasteiger partial charge in [-0.25, -0.2) is 0 Å². The third-order valence-corrected chi connectivity index (χ3v) is 2.79. The molecule has 0 amide bonds. The zero-order valence-corrected chi connectivity index (χ0v) is 10.8. The number of hydrogen-bond acceptors (Lipinski definition) is 3. The summed E-state index contributed by atoms with van der Waals surface area (Å²) in [6, 6.07) is 0.445. The summed E-state index contributed by atoms with van der Waals surface area (Å²) < 4.78 is 5.38. The Morgan fingerprint density at radius 1 is 1.33 bits per heavy atom. The Morgan fingerprint density at radius 2 is 1.93 bits per heavy atom. The maximum Gasteiger partial charge on any atom is 0.0637 e. The maximum absolute atomic E-state index is 8.78. The average Bonchev–Trinajstić information content (AvgIpc) is 2.15. The zero-order valence-electron chi connectivity index (χ0n) is 10.8. The topological polar surface area (TPSA) is 41.5 Å². The molecule has 15 heavy (non-hydrogen) atoms. The average molecular weight is 217 g/mol. The Kier molecular flexibility index (Phi) is 7.14. The lowest BCUT2D eigenvalue weighted by Gasteiger charge is -2.27. The van der Waals surface area contributed by atoms with Crippen LogP contribution in [0.5, 0.6) is 0 Å². The smallest absolute Gasteiger partial charge is 0.0637 e. The molecule has 92 valence electrons. The summed E-state index contributed by atoms with van der Waals surface area (Å²) in [7, 11) is 1.75. The van der Waals surface area contributed by atoms with Crippen LogP contribution in [-0.2, 0) is 4.74 Å². The van der Waals surface area contributed by atoms with Crippen LogP contribution in [0.2, 0.25) is 0 Å². The highest BCUT2D eigenvalue weighted by Gasteiger charge is 2.19. The van der Waals surface area contributed by atoms with Gasteiger partial charge in [-0.3, -0.25) is 0 Å². The lowest BCUT2D eigenvalue weighted by Crippen LogP contribution is -2.37. The molecule has 0 heterocycles. The molecule has 0 aromatic carbocycles. The van der Waals surface area contributed by atoms with E-state index >= 15 is 0 Å². The predicted octanol–water partition coefficient (Wildman–Crippen LogP) is 1.80. The molecule has 2 atom stereocenters. The fourth-order valence-corrected chi connectivity index (χ4v) is 1.62. The number of rotatable bonds is 8. The fourth-order valence-electron chi connectivity index (χ4n) is 1.62.